The van der Waals surface area contributed by atoms with E-state index in [1.807, 2.05) is 0 Å². The summed E-state index contributed by atoms with van der Waals surface area (Å²) in [7, 11) is 0. The van der Waals surface area contributed by atoms with Crippen molar-refractivity contribution < 1.29 is 19.8 Å². The molecule has 1 aliphatic heterocycles. The maximum absolute atomic E-state index is 9.10. The van der Waals surface area contributed by atoms with E-state index in [-0.39, 0.29) is 0 Å². The van der Waals surface area contributed by atoms with Crippen molar-refractivity contribution in [2.75, 3.05) is 31.2 Å². The number of para-hydroxylation sites is 2. The number of nitrogens with one attached hydrogen (secondary N) is 1. The third-order valence-electron chi connectivity index (χ3n) is 4.11. The lowest BCUT2D eigenvalue weighted by Gasteiger charge is -2.27. The van der Waals surface area contributed by atoms with Gasteiger partial charge in [0.2, 0.25) is 0 Å². The van der Waals surface area contributed by atoms with Gasteiger partial charge in [-0.3, -0.25) is 5.01 Å². The molecule has 0 radical (unpaired) electrons. The van der Waals surface area contributed by atoms with E-state index in [0.29, 0.717) is 0 Å². The molecule has 7 heteroatoms. The predicted molar refractivity (Wildman–Crippen MR) is 104 cm³/mol. The lowest BCUT2D eigenvalue weighted by Crippen LogP contribution is -2.39. The van der Waals surface area contributed by atoms with Gasteiger partial charge in [-0.05, 0) is 50.2 Å². The normalized spacial score (nSPS) is 13.5. The molecule has 144 valence electrons. The summed E-state index contributed by atoms with van der Waals surface area (Å²) in [5, 5.41) is 17.0. The molecule has 3 rings (SSSR count). The van der Waals surface area contributed by atoms with Crippen LogP contribution in [0.15, 0.2) is 60.7 Å². The monoisotopic (exact) mass is 371 g/mol. The Kier molecular flexibility index (Phi) is 8.28. The van der Waals surface area contributed by atoms with Gasteiger partial charge in [-0.1, -0.05) is 36.4 Å². The zero-order chi connectivity index (χ0) is 19.5. The number of hydrazine groups is 1. The molecule has 2 aromatic rings. The number of anilines is 2. The summed E-state index contributed by atoms with van der Waals surface area (Å²) in [5.41, 5.74) is 5.91. The van der Waals surface area contributed by atoms with Crippen molar-refractivity contribution >= 4 is 23.3 Å². The fourth-order valence-corrected chi connectivity index (χ4v) is 2.81. The van der Waals surface area contributed by atoms with Gasteiger partial charge in [-0.15, -0.1) is 0 Å². The number of aliphatic carboxylic acids is 2. The van der Waals surface area contributed by atoms with Crippen molar-refractivity contribution in [3.63, 3.8) is 0 Å². The molecule has 1 fully saturated rings. The van der Waals surface area contributed by atoms with Gasteiger partial charge in [0.25, 0.3) is 0 Å². The molecule has 0 aliphatic carbocycles. The first-order valence-corrected chi connectivity index (χ1v) is 8.90. The molecule has 27 heavy (non-hydrogen) atoms. The molecule has 0 bridgehead atoms. The third-order valence-corrected chi connectivity index (χ3v) is 4.11. The number of carbonyl (C=O) groups is 2. The Bertz CT molecular complexity index is 652. The number of benzene rings is 2. The van der Waals surface area contributed by atoms with Crippen LogP contribution in [0, 0.1) is 0 Å². The summed E-state index contributed by atoms with van der Waals surface area (Å²) in [6, 6.07) is 21.0. The first kappa shape index (κ1) is 20.4. The fourth-order valence-electron chi connectivity index (χ4n) is 2.81. The van der Waals surface area contributed by atoms with Crippen LogP contribution in [0.5, 0.6) is 0 Å². The summed E-state index contributed by atoms with van der Waals surface area (Å²) < 4.78 is 0. The van der Waals surface area contributed by atoms with Crippen LogP contribution in [0.1, 0.15) is 12.8 Å². The van der Waals surface area contributed by atoms with Crippen molar-refractivity contribution in [1.29, 1.82) is 0 Å². The van der Waals surface area contributed by atoms with Crippen LogP contribution >= 0.6 is 0 Å². The van der Waals surface area contributed by atoms with E-state index in [4.69, 9.17) is 19.8 Å². The van der Waals surface area contributed by atoms with Gasteiger partial charge >= 0.3 is 11.9 Å². The molecule has 2 aromatic carbocycles. The Morgan fingerprint density at radius 3 is 1.70 bits per heavy atom. The Labute approximate surface area is 158 Å². The molecule has 0 unspecified atom stereocenters. The number of hydrogen-bond donors (Lipinski definition) is 3. The van der Waals surface area contributed by atoms with Gasteiger partial charge in [-0.25, -0.2) is 15.0 Å². The second kappa shape index (κ2) is 10.9. The fraction of sp³-hybridized carbons (Fsp3) is 0.300. The highest BCUT2D eigenvalue weighted by Crippen LogP contribution is 2.22. The average molecular weight is 371 g/mol. The van der Waals surface area contributed by atoms with Crippen LogP contribution in [0.25, 0.3) is 0 Å². The number of carboxylic acid groups (broad SMARTS) is 2. The van der Waals surface area contributed by atoms with Crippen LogP contribution in [-0.2, 0) is 9.59 Å². The molecule has 0 atom stereocenters. The maximum atomic E-state index is 9.10. The zero-order valence-electron chi connectivity index (χ0n) is 15.1. The smallest absolute Gasteiger partial charge is 0.414 e. The lowest BCUT2D eigenvalue weighted by molar-refractivity contribution is -0.159. The second-order valence-electron chi connectivity index (χ2n) is 6.07. The Hall–Kier alpha value is -2.90. The number of nitrogens with zero attached hydrogens (tertiary/aromatic N) is 2. The minimum atomic E-state index is -1.82. The van der Waals surface area contributed by atoms with Crippen LogP contribution in [-0.4, -0.2) is 53.2 Å². The minimum absolute atomic E-state index is 0.962. The van der Waals surface area contributed by atoms with E-state index in [1.165, 1.54) is 37.3 Å². The van der Waals surface area contributed by atoms with Gasteiger partial charge in [0.05, 0.1) is 11.4 Å². The van der Waals surface area contributed by atoms with E-state index in [9.17, 15) is 0 Å². The van der Waals surface area contributed by atoms with Crippen LogP contribution in [0.4, 0.5) is 11.4 Å². The van der Waals surface area contributed by atoms with E-state index in [0.717, 1.165) is 13.1 Å². The highest BCUT2D eigenvalue weighted by atomic mass is 16.4. The standard InChI is InChI=1S/C18H23N3.C2H2O4/c1-3-9-17(10-4-1)21(18-11-5-2-6-12-18)19-13-16-20-14-7-8-15-20;3-1(4)2(5)6/h1-6,9-12,19H,7-8,13-16H2;(H,3,4)(H,5,6). The van der Waals surface area contributed by atoms with Gasteiger partial charge in [0.15, 0.2) is 0 Å². The lowest BCUT2D eigenvalue weighted by atomic mass is 10.2. The topological polar surface area (TPSA) is 93.1 Å². The van der Waals surface area contributed by atoms with Gasteiger partial charge in [-0.2, -0.15) is 0 Å². The highest BCUT2D eigenvalue weighted by molar-refractivity contribution is 6.27. The molecule has 0 amide bonds. The summed E-state index contributed by atoms with van der Waals surface area (Å²) in [6.45, 7) is 4.57. The molecular weight excluding hydrogens is 346 g/mol. The Balaban J connectivity index is 0.000000380. The SMILES string of the molecule is O=C(O)C(=O)O.c1ccc(N(NCCN2CCCC2)c2ccccc2)cc1. The van der Waals surface area contributed by atoms with E-state index >= 15 is 0 Å². The summed E-state index contributed by atoms with van der Waals surface area (Å²) >= 11 is 0. The molecule has 1 aliphatic rings. The number of hydrogen-bond acceptors (Lipinski definition) is 5. The third kappa shape index (κ3) is 7.08. The second-order valence-corrected chi connectivity index (χ2v) is 6.07. The van der Waals surface area contributed by atoms with Crippen molar-refractivity contribution in [2.45, 2.75) is 12.8 Å². The van der Waals surface area contributed by atoms with E-state index in [1.54, 1.807) is 0 Å². The first-order valence-electron chi connectivity index (χ1n) is 8.90. The van der Waals surface area contributed by atoms with Crippen molar-refractivity contribution in [1.82, 2.24) is 10.3 Å². The number of likely N-dealkylation sites (tertiary alicyclic amines) is 1. The number of carboxylic acids is 2. The first-order chi connectivity index (χ1) is 13.1. The van der Waals surface area contributed by atoms with Crippen LogP contribution in [0.3, 0.4) is 0 Å². The molecule has 0 aromatic heterocycles. The van der Waals surface area contributed by atoms with Crippen molar-refractivity contribution in [3.8, 4) is 0 Å². The summed E-state index contributed by atoms with van der Waals surface area (Å²) in [5.74, 6) is -3.65. The zero-order valence-corrected chi connectivity index (χ0v) is 15.1. The molecule has 7 nitrogen and oxygen atoms in total. The highest BCUT2D eigenvalue weighted by Gasteiger charge is 2.12. The van der Waals surface area contributed by atoms with Gasteiger partial charge < -0.3 is 15.1 Å². The number of rotatable bonds is 6. The van der Waals surface area contributed by atoms with E-state index < -0.39 is 11.9 Å². The summed E-state index contributed by atoms with van der Waals surface area (Å²) in [4.78, 5) is 20.7. The summed E-state index contributed by atoms with van der Waals surface area (Å²) in [6.07, 6.45) is 2.70. The quantitative estimate of drug-likeness (QED) is 0.531. The van der Waals surface area contributed by atoms with Crippen LogP contribution in [0.2, 0.25) is 0 Å². The van der Waals surface area contributed by atoms with Crippen LogP contribution < -0.4 is 10.4 Å². The molecule has 3 N–H and O–H groups in total. The predicted octanol–water partition coefficient (Wildman–Crippen LogP) is 2.58. The molecule has 0 spiro atoms. The molecule has 1 saturated heterocycles. The van der Waals surface area contributed by atoms with Gasteiger partial charge in [0, 0.05) is 13.1 Å². The maximum Gasteiger partial charge on any atom is 0.414 e. The molecular formula is C20H25N3O4. The molecule has 0 saturated carbocycles. The molecule has 1 heterocycles. The largest absolute Gasteiger partial charge is 0.473 e. The van der Waals surface area contributed by atoms with Gasteiger partial charge in [0.1, 0.15) is 0 Å². The Morgan fingerprint density at radius 1 is 0.852 bits per heavy atom. The minimum Gasteiger partial charge on any atom is -0.473 e. The average Bonchev–Trinajstić information content (AvgIpc) is 3.20. The van der Waals surface area contributed by atoms with E-state index in [2.05, 4.69) is 76.0 Å². The Morgan fingerprint density at radius 2 is 1.30 bits per heavy atom. The van der Waals surface area contributed by atoms with Crippen molar-refractivity contribution in [2.24, 2.45) is 0 Å². The van der Waals surface area contributed by atoms with Crippen molar-refractivity contribution in [3.05, 3.63) is 60.7 Å².